The second-order valence-electron chi connectivity index (χ2n) is 7.63. The van der Waals surface area contributed by atoms with Crippen molar-refractivity contribution < 1.29 is 27.4 Å². The van der Waals surface area contributed by atoms with E-state index in [0.29, 0.717) is 12.4 Å². The number of tetrazole rings is 1. The third-order valence-corrected chi connectivity index (χ3v) is 5.66. The van der Waals surface area contributed by atoms with Crippen molar-refractivity contribution in [3.63, 3.8) is 0 Å². The molecule has 1 N–H and O–H groups in total. The lowest BCUT2D eigenvalue weighted by molar-refractivity contribution is -0.137. The van der Waals surface area contributed by atoms with Crippen LogP contribution in [0.1, 0.15) is 22.0 Å². The minimum absolute atomic E-state index is 0.128. The maximum atomic E-state index is 12.7. The fraction of sp³-hybridized carbons (Fsp3) is 0.333. The first-order valence-electron chi connectivity index (χ1n) is 9.96. The summed E-state index contributed by atoms with van der Waals surface area (Å²) in [6, 6.07) is 12.8. The van der Waals surface area contributed by atoms with Crippen LogP contribution in [0.5, 0.6) is 0 Å². The predicted molar refractivity (Wildman–Crippen MR) is 104 cm³/mol. The summed E-state index contributed by atoms with van der Waals surface area (Å²) in [5.41, 5.74) is 0.171. The Morgan fingerprint density at radius 3 is 2.44 bits per heavy atom. The standard InChI is InChI=1S/C21H18F3N5O3/c22-21(23,24)14-8-6-13(7-9-14)20(30)25-15-10-31-18-16(11-32-17(15)18)29-19(26-27-28-29)12-4-2-1-3-5-12/h1-9,15-18H,10-11H2,(H,25,30)/t15-,16-,17+,18+/m0/s1. The van der Waals surface area contributed by atoms with Crippen LogP contribution in [0, 0.1) is 0 Å². The van der Waals surface area contributed by atoms with Gasteiger partial charge in [0.1, 0.15) is 18.2 Å². The van der Waals surface area contributed by atoms with Gasteiger partial charge in [0.2, 0.25) is 0 Å². The maximum absolute atomic E-state index is 12.7. The fourth-order valence-electron chi connectivity index (χ4n) is 4.07. The van der Waals surface area contributed by atoms with E-state index in [1.165, 1.54) is 0 Å². The van der Waals surface area contributed by atoms with Crippen LogP contribution >= 0.6 is 0 Å². The van der Waals surface area contributed by atoms with Gasteiger partial charge < -0.3 is 14.8 Å². The Balaban J connectivity index is 1.28. The maximum Gasteiger partial charge on any atom is 0.416 e. The number of nitrogens with zero attached hydrogens (tertiary/aromatic N) is 4. The highest BCUT2D eigenvalue weighted by Gasteiger charge is 2.50. The molecular formula is C21H18F3N5O3. The molecule has 0 saturated carbocycles. The normalized spacial score (nSPS) is 25.0. The molecule has 3 heterocycles. The lowest BCUT2D eigenvalue weighted by Crippen LogP contribution is -2.44. The first-order valence-corrected chi connectivity index (χ1v) is 9.96. The molecule has 2 fully saturated rings. The van der Waals surface area contributed by atoms with Crippen LogP contribution in [0.25, 0.3) is 11.4 Å². The summed E-state index contributed by atoms with van der Waals surface area (Å²) < 4.78 is 51.7. The second-order valence-corrected chi connectivity index (χ2v) is 7.63. The second kappa shape index (κ2) is 7.99. The van der Waals surface area contributed by atoms with E-state index in [0.717, 1.165) is 29.8 Å². The smallest absolute Gasteiger partial charge is 0.371 e. The van der Waals surface area contributed by atoms with Gasteiger partial charge in [-0.1, -0.05) is 30.3 Å². The summed E-state index contributed by atoms with van der Waals surface area (Å²) >= 11 is 0. The summed E-state index contributed by atoms with van der Waals surface area (Å²) in [5, 5.41) is 14.8. The molecule has 4 atom stereocenters. The quantitative estimate of drug-likeness (QED) is 0.664. The fourth-order valence-corrected chi connectivity index (χ4v) is 4.07. The number of carbonyl (C=O) groups excluding carboxylic acids is 1. The van der Waals surface area contributed by atoms with Gasteiger partial charge >= 0.3 is 6.18 Å². The Kier molecular flexibility index (Phi) is 5.14. The minimum atomic E-state index is -4.46. The van der Waals surface area contributed by atoms with Crippen LogP contribution < -0.4 is 5.32 Å². The molecule has 0 bridgehead atoms. The van der Waals surface area contributed by atoms with E-state index in [-0.39, 0.29) is 24.3 Å². The Hall–Kier alpha value is -3.31. The largest absolute Gasteiger partial charge is 0.416 e. The van der Waals surface area contributed by atoms with E-state index in [1.54, 1.807) is 4.68 Å². The van der Waals surface area contributed by atoms with Crippen LogP contribution in [0.4, 0.5) is 13.2 Å². The van der Waals surface area contributed by atoms with Crippen molar-refractivity contribution in [1.29, 1.82) is 0 Å². The Morgan fingerprint density at radius 2 is 1.72 bits per heavy atom. The van der Waals surface area contributed by atoms with E-state index >= 15 is 0 Å². The van der Waals surface area contributed by atoms with Crippen LogP contribution in [0.3, 0.4) is 0 Å². The number of aromatic nitrogens is 4. The van der Waals surface area contributed by atoms with Gasteiger partial charge in [0, 0.05) is 11.1 Å². The van der Waals surface area contributed by atoms with Gasteiger partial charge in [0.25, 0.3) is 5.91 Å². The van der Waals surface area contributed by atoms with Crippen molar-refractivity contribution in [3.05, 3.63) is 65.7 Å². The molecule has 2 aromatic carbocycles. The van der Waals surface area contributed by atoms with Gasteiger partial charge in [-0.3, -0.25) is 4.79 Å². The Labute approximate surface area is 180 Å². The first-order chi connectivity index (χ1) is 15.4. The van der Waals surface area contributed by atoms with Crippen LogP contribution in [-0.2, 0) is 15.7 Å². The molecule has 0 aliphatic carbocycles. The molecule has 2 aliphatic heterocycles. The zero-order valence-electron chi connectivity index (χ0n) is 16.6. The number of carbonyl (C=O) groups is 1. The summed E-state index contributed by atoms with van der Waals surface area (Å²) in [5.74, 6) is 0.0908. The monoisotopic (exact) mass is 445 g/mol. The lowest BCUT2D eigenvalue weighted by atomic mass is 10.0. The third-order valence-electron chi connectivity index (χ3n) is 5.66. The van der Waals surface area contributed by atoms with Crippen molar-refractivity contribution in [2.45, 2.75) is 30.5 Å². The predicted octanol–water partition coefficient (Wildman–Crippen LogP) is 2.50. The van der Waals surface area contributed by atoms with E-state index in [9.17, 15) is 18.0 Å². The lowest BCUT2D eigenvalue weighted by Gasteiger charge is -2.18. The van der Waals surface area contributed by atoms with E-state index in [2.05, 4.69) is 20.8 Å². The average Bonchev–Trinajstić information content (AvgIpc) is 3.51. The highest BCUT2D eigenvalue weighted by atomic mass is 19.4. The molecule has 11 heteroatoms. The van der Waals surface area contributed by atoms with Crippen molar-refractivity contribution in [2.75, 3.05) is 13.2 Å². The van der Waals surface area contributed by atoms with Crippen LogP contribution in [0.2, 0.25) is 0 Å². The molecular weight excluding hydrogens is 427 g/mol. The number of hydrogen-bond donors (Lipinski definition) is 1. The van der Waals surface area contributed by atoms with E-state index < -0.39 is 29.8 Å². The number of halogens is 3. The molecule has 0 spiro atoms. The number of amides is 1. The van der Waals surface area contributed by atoms with Crippen molar-refractivity contribution >= 4 is 5.91 Å². The summed E-state index contributed by atoms with van der Waals surface area (Å²) in [6.07, 6.45) is -5.26. The SMILES string of the molecule is O=C(N[C@H]1CO[C@H]2[C@@H]1OC[C@@H]2n1nnnc1-c1ccccc1)c1ccc(C(F)(F)F)cc1. The number of alkyl halides is 3. The Bertz CT molecular complexity index is 1100. The van der Waals surface area contributed by atoms with Gasteiger partial charge in [-0.05, 0) is 34.7 Å². The summed E-state index contributed by atoms with van der Waals surface area (Å²) in [4.78, 5) is 12.6. The number of rotatable bonds is 4. The average molecular weight is 445 g/mol. The van der Waals surface area contributed by atoms with Gasteiger partial charge in [-0.25, -0.2) is 4.68 Å². The molecule has 32 heavy (non-hydrogen) atoms. The van der Waals surface area contributed by atoms with Crippen molar-refractivity contribution in [1.82, 2.24) is 25.5 Å². The Morgan fingerprint density at radius 1 is 1.00 bits per heavy atom. The van der Waals surface area contributed by atoms with Gasteiger partial charge in [0.15, 0.2) is 5.82 Å². The number of nitrogens with one attached hydrogen (secondary N) is 1. The van der Waals surface area contributed by atoms with Crippen LogP contribution in [0.15, 0.2) is 54.6 Å². The van der Waals surface area contributed by atoms with Gasteiger partial charge in [-0.2, -0.15) is 13.2 Å². The number of benzene rings is 2. The molecule has 3 aromatic rings. The molecule has 2 saturated heterocycles. The molecule has 8 nitrogen and oxygen atoms in total. The number of ether oxygens (including phenoxy) is 2. The van der Waals surface area contributed by atoms with Gasteiger partial charge in [0.05, 0.1) is 24.8 Å². The highest BCUT2D eigenvalue weighted by molar-refractivity contribution is 5.94. The van der Waals surface area contributed by atoms with Gasteiger partial charge in [-0.15, -0.1) is 5.10 Å². The molecule has 5 rings (SSSR count). The van der Waals surface area contributed by atoms with Crippen LogP contribution in [-0.4, -0.2) is 57.6 Å². The summed E-state index contributed by atoms with van der Waals surface area (Å²) in [7, 11) is 0. The first kappa shape index (κ1) is 20.6. The number of hydrogen-bond acceptors (Lipinski definition) is 6. The topological polar surface area (TPSA) is 91.2 Å². The molecule has 2 aliphatic rings. The zero-order chi connectivity index (χ0) is 22.3. The number of fused-ring (bicyclic) bond motifs is 1. The molecule has 166 valence electrons. The summed E-state index contributed by atoms with van der Waals surface area (Å²) in [6.45, 7) is 0.508. The van der Waals surface area contributed by atoms with Crippen molar-refractivity contribution in [3.8, 4) is 11.4 Å². The van der Waals surface area contributed by atoms with E-state index in [4.69, 9.17) is 9.47 Å². The third kappa shape index (κ3) is 3.73. The van der Waals surface area contributed by atoms with E-state index in [1.807, 2.05) is 30.3 Å². The molecule has 1 aromatic heterocycles. The molecule has 0 radical (unpaired) electrons. The minimum Gasteiger partial charge on any atom is -0.371 e. The van der Waals surface area contributed by atoms with Crippen molar-refractivity contribution in [2.24, 2.45) is 0 Å². The zero-order valence-corrected chi connectivity index (χ0v) is 16.6. The molecule has 0 unspecified atom stereocenters. The highest BCUT2D eigenvalue weighted by Crippen LogP contribution is 2.36. The molecule has 1 amide bonds.